The van der Waals surface area contributed by atoms with Crippen molar-refractivity contribution in [1.82, 2.24) is 0 Å². The molecule has 0 saturated heterocycles. The van der Waals surface area contributed by atoms with E-state index < -0.39 is 60.2 Å². The average molecular weight is 1580 g/mol. The molecule has 15 nitrogen and oxygen atoms in total. The van der Waals surface area contributed by atoms with E-state index in [1.807, 2.05) is 6.92 Å². The summed E-state index contributed by atoms with van der Waals surface area (Å²) in [6, 6.07) is 27.3. The zero-order valence-corrected chi connectivity index (χ0v) is 64.2. The van der Waals surface area contributed by atoms with Gasteiger partial charge in [0, 0.05) is 25.6 Å². The quantitative estimate of drug-likeness (QED) is 0.0305. The topological polar surface area (TPSA) is 222 Å². The van der Waals surface area contributed by atoms with Crippen LogP contribution in [-0.2, 0) is 28.7 Å². The van der Waals surface area contributed by atoms with Gasteiger partial charge in [-0.2, -0.15) is 80.3 Å². The van der Waals surface area contributed by atoms with Gasteiger partial charge in [-0.25, -0.2) is 28.4 Å². The fourth-order valence-electron chi connectivity index (χ4n) is 5.61. The molecule has 7 rings (SSSR count). The Morgan fingerprint density at radius 2 is 0.899 bits per heavy atom. The standard InChI is InChI=1S/C13H17ClO3.C12H15ClO3.C9H8Br2O3.C9H8Cl2O3.C9H8ClFO3.C4H8.C4H7.Na.5H2S.H/c1-3-4-5-12(13(15)16-2)17-11-8-6-10(14)7-9-11;1-2-3-4-11(12(14)15)16-10-7-5-9(13)6-8-10;1-5(9(12)13)14-8-3-2-6(10)4-7(8)11;1-5(9(12)13)14-6-2-3-7(10)8(11)4-6;1-5(9(12)13)14-8-3-2-6(10)4-7(8)11;2*1-2-4-3-1;;;;;;;/h6-9,12H,3-5H2,1-2H3;5-8,11H,2-4H2,1H3,(H,14,15);3*2-5H,1H3,(H,12,13);1-4H2;1H,2-4H2;;5*1H2;/q;;;;;;-1;+1;;;;;;-1/t12-;11-;3*5-;;;;;;;;;/m00000........./s1. The van der Waals surface area contributed by atoms with Gasteiger partial charge in [-0.1, -0.05) is 126 Å². The van der Waals surface area contributed by atoms with Crippen molar-refractivity contribution in [3.8, 4) is 28.7 Å². The van der Waals surface area contributed by atoms with Crippen molar-refractivity contribution in [2.75, 3.05) is 7.11 Å². The van der Waals surface area contributed by atoms with Crippen molar-refractivity contribution in [2.24, 2.45) is 0 Å². The van der Waals surface area contributed by atoms with Gasteiger partial charge >= 0.3 is 59.4 Å². The molecule has 500 valence electrons. The fourth-order valence-corrected chi connectivity index (χ4v) is 7.44. The van der Waals surface area contributed by atoms with E-state index in [0.29, 0.717) is 55.9 Å². The van der Waals surface area contributed by atoms with Gasteiger partial charge in [-0.15, -0.1) is 6.42 Å². The molecular weight excluding hydrogens is 1500 g/mol. The van der Waals surface area contributed by atoms with Crippen LogP contribution < -0.4 is 53.2 Å². The van der Waals surface area contributed by atoms with Crippen LogP contribution in [0.5, 0.6) is 28.7 Å². The SMILES string of the molecule is C1CCC1.CCCC[C@H](Oc1ccc(Cl)cc1)C(=O)O.CCCC[C@H](Oc1ccc(Cl)cc1)C(=O)OC.C[C@H](Oc1ccc(Br)cc1Br)C(=O)O.C[C@H](Oc1ccc(Cl)c(Cl)c1)C(=O)O.C[C@H](Oc1ccc(Cl)cc1F)C(=O)O.S.S.S.S.S.[CH-]1CCC1.[H-].[Na+]. The number of carbonyl (C=O) groups excluding carboxylic acids is 1. The molecule has 89 heavy (non-hydrogen) atoms. The number of benzene rings is 5. The summed E-state index contributed by atoms with van der Waals surface area (Å²) in [5.41, 5.74) is 0. The van der Waals surface area contributed by atoms with Gasteiger partial charge in [0.25, 0.3) is 0 Å². The normalized spacial score (nSPS) is 12.4. The van der Waals surface area contributed by atoms with E-state index in [1.165, 1.54) is 91.0 Å². The van der Waals surface area contributed by atoms with Gasteiger partial charge < -0.3 is 56.7 Å². The van der Waals surface area contributed by atoms with Gasteiger partial charge in [0.15, 0.2) is 42.1 Å². The van der Waals surface area contributed by atoms with E-state index in [4.69, 9.17) is 107 Å². The molecule has 29 heteroatoms. The van der Waals surface area contributed by atoms with Crippen LogP contribution >= 0.6 is 157 Å². The monoisotopic (exact) mass is 1580 g/mol. The molecule has 2 aliphatic rings. The third-order valence-electron chi connectivity index (χ3n) is 11.0. The zero-order valence-electron chi connectivity index (χ0n) is 51.3. The van der Waals surface area contributed by atoms with Crippen LogP contribution in [0.25, 0.3) is 0 Å². The summed E-state index contributed by atoms with van der Waals surface area (Å²) in [6.07, 6.45) is 13.2. The van der Waals surface area contributed by atoms with Crippen LogP contribution in [0.15, 0.2) is 112 Å². The first-order valence-electron chi connectivity index (χ1n) is 26.3. The summed E-state index contributed by atoms with van der Waals surface area (Å²) < 4.78 is 45.5. The third-order valence-corrected chi connectivity index (χ3v) is 13.6. The largest absolute Gasteiger partial charge is 1.00 e. The van der Waals surface area contributed by atoms with Crippen LogP contribution in [0.1, 0.15) is 120 Å². The van der Waals surface area contributed by atoms with Crippen LogP contribution in [0.2, 0.25) is 25.1 Å². The second kappa shape index (κ2) is 57.0. The number of hydrogen-bond acceptors (Lipinski definition) is 11. The third kappa shape index (κ3) is 45.5. The molecule has 0 aromatic heterocycles. The molecule has 5 aromatic rings. The molecule has 2 saturated carbocycles. The first-order chi connectivity index (χ1) is 39.3. The first-order valence-corrected chi connectivity index (χ1v) is 29.8. The van der Waals surface area contributed by atoms with Crippen LogP contribution in [0, 0.1) is 12.2 Å². The Morgan fingerprint density at radius 3 is 1.26 bits per heavy atom. The predicted molar refractivity (Wildman–Crippen MR) is 383 cm³/mol. The van der Waals surface area contributed by atoms with E-state index in [1.54, 1.807) is 78.9 Å². The minimum Gasteiger partial charge on any atom is -1.00 e. The molecular formula is C60H82Br2Cl5FNaO15S5-. The van der Waals surface area contributed by atoms with Crippen molar-refractivity contribution in [1.29, 1.82) is 0 Å². The first kappa shape index (κ1) is 97.6. The molecule has 5 aromatic carbocycles. The van der Waals surface area contributed by atoms with E-state index in [-0.39, 0.29) is 115 Å². The Bertz CT molecular complexity index is 2660. The Labute approximate surface area is 623 Å². The van der Waals surface area contributed by atoms with Crippen molar-refractivity contribution < 1.29 is 108 Å². The maximum Gasteiger partial charge on any atom is 1.00 e. The summed E-state index contributed by atoms with van der Waals surface area (Å²) in [6.45, 7) is 8.32. The predicted octanol–water partition coefficient (Wildman–Crippen LogP) is 15.7. The number of aliphatic carboxylic acids is 4. The maximum atomic E-state index is 13.1. The van der Waals surface area contributed by atoms with Gasteiger partial charge in [-0.3, -0.25) is 0 Å². The molecule has 0 spiro atoms. The zero-order chi connectivity index (χ0) is 62.4. The van der Waals surface area contributed by atoms with Crippen LogP contribution in [-0.4, -0.2) is 87.9 Å². The number of carbonyl (C=O) groups is 5. The Morgan fingerprint density at radius 1 is 0.517 bits per heavy atom. The van der Waals surface area contributed by atoms with Crippen LogP contribution in [0.4, 0.5) is 4.39 Å². The summed E-state index contributed by atoms with van der Waals surface area (Å²) in [5.74, 6) is -3.17. The molecule has 0 amide bonds. The summed E-state index contributed by atoms with van der Waals surface area (Å²) in [4.78, 5) is 53.9. The fraction of sp³-hybridized carbons (Fsp3) is 0.400. The molecule has 2 aliphatic carbocycles. The van der Waals surface area contributed by atoms with Crippen molar-refractivity contribution in [3.63, 3.8) is 0 Å². The summed E-state index contributed by atoms with van der Waals surface area (Å²) in [7, 11) is 1.37. The van der Waals surface area contributed by atoms with Gasteiger partial charge in [0.2, 0.25) is 0 Å². The Kier molecular flexibility index (Phi) is 62.5. The number of carboxylic acid groups (broad SMARTS) is 4. The number of hydrogen-bond donors (Lipinski definition) is 4. The van der Waals surface area contributed by atoms with E-state index >= 15 is 0 Å². The van der Waals surface area contributed by atoms with Gasteiger partial charge in [-0.05, 0) is 159 Å². The second-order valence-electron chi connectivity index (χ2n) is 17.9. The summed E-state index contributed by atoms with van der Waals surface area (Å²) in [5, 5.41) is 36.9. The summed E-state index contributed by atoms with van der Waals surface area (Å²) >= 11 is 35.0. The minimum absolute atomic E-state index is 0. The Balaban J connectivity index is -0.000000182. The maximum absolute atomic E-state index is 13.1. The molecule has 0 aliphatic heterocycles. The molecule has 5 atom stereocenters. The number of rotatable bonds is 21. The molecule has 4 N–H and O–H groups in total. The van der Waals surface area contributed by atoms with Crippen molar-refractivity contribution in [2.45, 2.75) is 149 Å². The minimum atomic E-state index is -1.15. The number of halogens is 8. The van der Waals surface area contributed by atoms with Gasteiger partial charge in [0.05, 0.1) is 21.6 Å². The molecule has 0 unspecified atom stereocenters. The van der Waals surface area contributed by atoms with Gasteiger partial charge in [0.1, 0.15) is 23.0 Å². The second-order valence-corrected chi connectivity index (χ2v) is 21.8. The number of methoxy groups -OCH3 is 1. The van der Waals surface area contributed by atoms with Crippen molar-refractivity contribution in [3.05, 3.63) is 149 Å². The Hall–Kier alpha value is -2.46. The van der Waals surface area contributed by atoms with Crippen molar-refractivity contribution >= 4 is 187 Å². The molecule has 2 fully saturated rings. The molecule has 0 bridgehead atoms. The van der Waals surface area contributed by atoms with E-state index in [0.717, 1.165) is 40.7 Å². The number of carboxylic acids is 4. The average Bonchev–Trinajstić information content (AvgIpc) is 3.41. The van der Waals surface area contributed by atoms with E-state index in [9.17, 15) is 28.4 Å². The smallest absolute Gasteiger partial charge is 1.00 e. The number of esters is 1. The number of unbranched alkanes of at least 4 members (excludes halogenated alkanes) is 2. The van der Waals surface area contributed by atoms with E-state index in [2.05, 4.69) is 45.2 Å². The molecule has 0 heterocycles. The molecule has 0 radical (unpaired) electrons. The van der Waals surface area contributed by atoms with Crippen LogP contribution in [0.3, 0.4) is 0 Å². The number of ether oxygens (including phenoxy) is 6.